The second-order valence-electron chi connectivity index (χ2n) is 6.68. The fraction of sp³-hybridized carbons (Fsp3) is 0.733. The first kappa shape index (κ1) is 15.0. The van der Waals surface area contributed by atoms with Gasteiger partial charge in [0, 0.05) is 24.6 Å². The van der Waals surface area contributed by atoms with Gasteiger partial charge in [0.2, 0.25) is 0 Å². The third kappa shape index (κ3) is 3.82. The normalized spacial score (nSPS) is 20.3. The first-order valence-electron chi connectivity index (χ1n) is 7.49. The van der Waals surface area contributed by atoms with E-state index in [-0.39, 0.29) is 5.41 Å². The Bertz CT molecular complexity index is 452. The lowest BCUT2D eigenvalue weighted by Gasteiger charge is -2.19. The van der Waals surface area contributed by atoms with Crippen molar-refractivity contribution in [1.82, 2.24) is 14.9 Å². The molecule has 20 heavy (non-hydrogen) atoms. The van der Waals surface area contributed by atoms with Crippen molar-refractivity contribution >= 4 is 11.6 Å². The molecule has 3 N–H and O–H groups in total. The summed E-state index contributed by atoms with van der Waals surface area (Å²) in [6.45, 7) is 13.0. The SMILES string of the molecule is CCN1CCC(CNc2cc(N)nc(C(C)(C)C)n2)C1. The predicted octanol–water partition coefficient (Wildman–Crippen LogP) is 2.11. The monoisotopic (exact) mass is 277 g/mol. The second kappa shape index (κ2) is 5.95. The molecule has 1 unspecified atom stereocenters. The van der Waals surface area contributed by atoms with E-state index in [0.29, 0.717) is 11.7 Å². The molecule has 2 rings (SSSR count). The Morgan fingerprint density at radius 3 is 2.75 bits per heavy atom. The topological polar surface area (TPSA) is 67.1 Å². The Hall–Kier alpha value is -1.36. The highest BCUT2D eigenvalue weighted by molar-refractivity contribution is 5.45. The third-order valence-corrected chi connectivity index (χ3v) is 3.81. The molecule has 1 fully saturated rings. The summed E-state index contributed by atoms with van der Waals surface area (Å²) in [6.07, 6.45) is 1.26. The highest BCUT2D eigenvalue weighted by atomic mass is 15.1. The van der Waals surface area contributed by atoms with Crippen molar-refractivity contribution in [3.05, 3.63) is 11.9 Å². The Kier molecular flexibility index (Phi) is 4.48. The van der Waals surface area contributed by atoms with Gasteiger partial charge in [-0.2, -0.15) is 0 Å². The van der Waals surface area contributed by atoms with Crippen molar-refractivity contribution in [2.45, 2.75) is 39.5 Å². The van der Waals surface area contributed by atoms with Crippen LogP contribution in [0, 0.1) is 5.92 Å². The molecular weight excluding hydrogens is 250 g/mol. The highest BCUT2D eigenvalue weighted by Crippen LogP contribution is 2.22. The largest absolute Gasteiger partial charge is 0.384 e. The number of rotatable bonds is 4. The van der Waals surface area contributed by atoms with Crippen LogP contribution in [0.5, 0.6) is 0 Å². The van der Waals surface area contributed by atoms with Crippen LogP contribution >= 0.6 is 0 Å². The maximum Gasteiger partial charge on any atom is 0.138 e. The molecule has 0 radical (unpaired) electrons. The van der Waals surface area contributed by atoms with Crippen LogP contribution in [0.3, 0.4) is 0 Å². The summed E-state index contributed by atoms with van der Waals surface area (Å²) < 4.78 is 0. The first-order valence-corrected chi connectivity index (χ1v) is 7.49. The molecule has 0 aromatic carbocycles. The molecule has 0 bridgehead atoms. The lowest BCUT2D eigenvalue weighted by molar-refractivity contribution is 0.345. The van der Waals surface area contributed by atoms with Crippen molar-refractivity contribution in [1.29, 1.82) is 0 Å². The van der Waals surface area contributed by atoms with Crippen LogP contribution in [0.15, 0.2) is 6.07 Å². The van der Waals surface area contributed by atoms with Gasteiger partial charge in [0.1, 0.15) is 17.5 Å². The standard InChI is InChI=1S/C15H27N5/c1-5-20-7-6-11(10-20)9-17-13-8-12(16)18-14(19-13)15(2,3)4/h8,11H,5-7,9-10H2,1-4H3,(H3,16,17,18,19). The van der Waals surface area contributed by atoms with E-state index in [4.69, 9.17) is 5.73 Å². The van der Waals surface area contributed by atoms with Crippen LogP contribution in [0.25, 0.3) is 0 Å². The molecule has 2 heterocycles. The lowest BCUT2D eigenvalue weighted by Crippen LogP contribution is -2.23. The van der Waals surface area contributed by atoms with E-state index in [0.717, 1.165) is 24.7 Å². The zero-order valence-electron chi connectivity index (χ0n) is 13.1. The molecule has 1 aliphatic heterocycles. The first-order chi connectivity index (χ1) is 9.38. The van der Waals surface area contributed by atoms with Gasteiger partial charge in [0.15, 0.2) is 0 Å². The van der Waals surface area contributed by atoms with Gasteiger partial charge < -0.3 is 16.0 Å². The van der Waals surface area contributed by atoms with Gasteiger partial charge in [-0.3, -0.25) is 0 Å². The minimum atomic E-state index is -0.0851. The van der Waals surface area contributed by atoms with Gasteiger partial charge in [0.25, 0.3) is 0 Å². The summed E-state index contributed by atoms with van der Waals surface area (Å²) in [6, 6.07) is 1.82. The van der Waals surface area contributed by atoms with Crippen LogP contribution in [0.1, 0.15) is 39.9 Å². The maximum atomic E-state index is 5.88. The van der Waals surface area contributed by atoms with E-state index in [1.54, 1.807) is 0 Å². The van der Waals surface area contributed by atoms with Crippen LogP contribution in [-0.4, -0.2) is 41.0 Å². The molecule has 112 valence electrons. The summed E-state index contributed by atoms with van der Waals surface area (Å²) in [5.74, 6) is 2.87. The Labute approximate surface area is 122 Å². The minimum Gasteiger partial charge on any atom is -0.384 e. The predicted molar refractivity (Wildman–Crippen MR) is 83.9 cm³/mol. The molecular formula is C15H27N5. The molecule has 0 aliphatic carbocycles. The van der Waals surface area contributed by atoms with E-state index in [2.05, 4.69) is 47.9 Å². The minimum absolute atomic E-state index is 0.0851. The fourth-order valence-electron chi connectivity index (χ4n) is 2.51. The summed E-state index contributed by atoms with van der Waals surface area (Å²) >= 11 is 0. The quantitative estimate of drug-likeness (QED) is 0.882. The molecule has 0 saturated carbocycles. The number of likely N-dealkylation sites (tertiary alicyclic amines) is 1. The van der Waals surface area contributed by atoms with Crippen molar-refractivity contribution in [3.63, 3.8) is 0 Å². The van der Waals surface area contributed by atoms with Gasteiger partial charge >= 0.3 is 0 Å². The number of nitrogen functional groups attached to an aromatic ring is 1. The van der Waals surface area contributed by atoms with Crippen molar-refractivity contribution in [2.75, 3.05) is 37.2 Å². The molecule has 0 spiro atoms. The number of nitrogens with zero attached hydrogens (tertiary/aromatic N) is 3. The van der Waals surface area contributed by atoms with E-state index in [9.17, 15) is 0 Å². The van der Waals surface area contributed by atoms with Gasteiger partial charge in [0.05, 0.1) is 0 Å². The Balaban J connectivity index is 1.98. The number of nitrogens with one attached hydrogen (secondary N) is 1. The molecule has 0 amide bonds. The van der Waals surface area contributed by atoms with E-state index >= 15 is 0 Å². The van der Waals surface area contributed by atoms with E-state index < -0.39 is 0 Å². The summed E-state index contributed by atoms with van der Waals surface area (Å²) in [5.41, 5.74) is 5.80. The molecule has 5 heteroatoms. The van der Waals surface area contributed by atoms with Crippen molar-refractivity contribution in [3.8, 4) is 0 Å². The summed E-state index contributed by atoms with van der Waals surface area (Å²) in [5, 5.41) is 3.43. The summed E-state index contributed by atoms with van der Waals surface area (Å²) in [7, 11) is 0. The van der Waals surface area contributed by atoms with Crippen molar-refractivity contribution in [2.24, 2.45) is 5.92 Å². The van der Waals surface area contributed by atoms with Crippen LogP contribution in [0.2, 0.25) is 0 Å². The molecule has 1 aliphatic rings. The summed E-state index contributed by atoms with van der Waals surface area (Å²) in [4.78, 5) is 11.4. The Morgan fingerprint density at radius 2 is 2.15 bits per heavy atom. The van der Waals surface area contributed by atoms with Crippen LogP contribution in [-0.2, 0) is 5.41 Å². The molecule has 1 aromatic heterocycles. The number of nitrogens with two attached hydrogens (primary N) is 1. The van der Waals surface area contributed by atoms with E-state index in [1.165, 1.54) is 19.5 Å². The fourth-order valence-corrected chi connectivity index (χ4v) is 2.51. The molecule has 5 nitrogen and oxygen atoms in total. The third-order valence-electron chi connectivity index (χ3n) is 3.81. The van der Waals surface area contributed by atoms with Gasteiger partial charge in [-0.1, -0.05) is 27.7 Å². The number of aromatic nitrogens is 2. The number of hydrogen-bond acceptors (Lipinski definition) is 5. The average Bonchev–Trinajstić information content (AvgIpc) is 2.82. The van der Waals surface area contributed by atoms with Gasteiger partial charge in [-0.15, -0.1) is 0 Å². The number of anilines is 2. The Morgan fingerprint density at radius 1 is 1.40 bits per heavy atom. The highest BCUT2D eigenvalue weighted by Gasteiger charge is 2.22. The molecule has 1 aromatic rings. The molecule has 1 atom stereocenters. The number of hydrogen-bond donors (Lipinski definition) is 2. The zero-order chi connectivity index (χ0) is 14.8. The van der Waals surface area contributed by atoms with Crippen LogP contribution in [0.4, 0.5) is 11.6 Å². The van der Waals surface area contributed by atoms with Gasteiger partial charge in [-0.25, -0.2) is 9.97 Å². The smallest absolute Gasteiger partial charge is 0.138 e. The second-order valence-corrected chi connectivity index (χ2v) is 6.68. The van der Waals surface area contributed by atoms with E-state index in [1.807, 2.05) is 6.07 Å². The van der Waals surface area contributed by atoms with Crippen molar-refractivity contribution < 1.29 is 0 Å². The van der Waals surface area contributed by atoms with Gasteiger partial charge in [-0.05, 0) is 25.4 Å². The van der Waals surface area contributed by atoms with Crippen LogP contribution < -0.4 is 11.1 Å². The molecule has 1 saturated heterocycles. The zero-order valence-corrected chi connectivity index (χ0v) is 13.1. The maximum absolute atomic E-state index is 5.88. The lowest BCUT2D eigenvalue weighted by atomic mass is 9.96. The average molecular weight is 277 g/mol.